The lowest BCUT2D eigenvalue weighted by Gasteiger charge is -2.08. The summed E-state index contributed by atoms with van der Waals surface area (Å²) >= 11 is 4.05. The van der Waals surface area contributed by atoms with E-state index >= 15 is 0 Å². The minimum atomic E-state index is -0.660. The van der Waals surface area contributed by atoms with Gasteiger partial charge in [0.1, 0.15) is 5.25 Å². The van der Waals surface area contributed by atoms with Gasteiger partial charge in [-0.15, -0.1) is 0 Å². The van der Waals surface area contributed by atoms with Crippen LogP contribution in [0.2, 0.25) is 0 Å². The first-order valence-corrected chi connectivity index (χ1v) is 4.13. The van der Waals surface area contributed by atoms with Gasteiger partial charge in [-0.05, 0) is 18.1 Å². The number of hydrogen-bond donors (Lipinski definition) is 1. The largest absolute Gasteiger partial charge is 0.272 e. The van der Waals surface area contributed by atoms with E-state index in [-0.39, 0.29) is 0 Å². The molecule has 1 radical (unpaired) electrons. The molecule has 0 heterocycles. The van der Waals surface area contributed by atoms with E-state index in [0.717, 1.165) is 11.1 Å². The fourth-order valence-electron chi connectivity index (χ4n) is 1.03. The molecule has 1 amide bonds. The molecule has 1 atom stereocenters. The van der Waals surface area contributed by atoms with Gasteiger partial charge in [-0.1, -0.05) is 24.3 Å². The normalized spacial score (nSPS) is 12.5. The highest BCUT2D eigenvalue weighted by atomic mass is 32.1. The molecule has 0 fully saturated rings. The van der Waals surface area contributed by atoms with Crippen LogP contribution in [0.1, 0.15) is 16.4 Å². The molecule has 0 saturated heterocycles. The fraction of sp³-hybridized carbons (Fsp3) is 0.222. The first-order chi connectivity index (χ1) is 5.63. The highest BCUT2D eigenvalue weighted by molar-refractivity contribution is 7.81. The first-order valence-electron chi connectivity index (χ1n) is 3.62. The number of carbonyl (C=O) groups is 1. The zero-order valence-corrected chi connectivity index (χ0v) is 7.64. The summed E-state index contributed by atoms with van der Waals surface area (Å²) < 4.78 is 0. The Morgan fingerprint density at radius 2 is 2.08 bits per heavy atom. The number of thiol groups is 1. The van der Waals surface area contributed by atoms with Gasteiger partial charge in [0, 0.05) is 0 Å². The Morgan fingerprint density at radius 3 is 2.58 bits per heavy atom. The predicted molar refractivity (Wildman–Crippen MR) is 51.0 cm³/mol. The van der Waals surface area contributed by atoms with Crippen LogP contribution in [0.5, 0.6) is 0 Å². The number of aryl methyl sites for hydroxylation is 1. The average Bonchev–Trinajstić information content (AvgIpc) is 2.04. The number of nitrogens with one attached hydrogen (secondary N) is 1. The quantitative estimate of drug-likeness (QED) is 0.692. The van der Waals surface area contributed by atoms with E-state index in [4.69, 9.17) is 5.73 Å². The number of amides is 1. The van der Waals surface area contributed by atoms with E-state index in [1.165, 1.54) is 0 Å². The molecule has 1 unspecified atom stereocenters. The van der Waals surface area contributed by atoms with Crippen LogP contribution in [0.15, 0.2) is 24.3 Å². The van der Waals surface area contributed by atoms with Crippen molar-refractivity contribution in [1.29, 1.82) is 0 Å². The second-order valence-corrected chi connectivity index (χ2v) is 3.14. The maximum atomic E-state index is 10.7. The molecule has 0 aliphatic carbocycles. The van der Waals surface area contributed by atoms with Gasteiger partial charge >= 0.3 is 0 Å². The molecule has 0 aromatic heterocycles. The Balaban J connectivity index is 3.02. The van der Waals surface area contributed by atoms with Gasteiger partial charge in [0.05, 0.1) is 0 Å². The van der Waals surface area contributed by atoms with Gasteiger partial charge in [0.2, 0.25) is 0 Å². The lowest BCUT2D eigenvalue weighted by atomic mass is 10.1. The molecule has 1 aromatic rings. The summed E-state index contributed by atoms with van der Waals surface area (Å²) in [6, 6.07) is 7.46. The van der Waals surface area contributed by atoms with Crippen molar-refractivity contribution in [3.8, 4) is 0 Å². The van der Waals surface area contributed by atoms with Gasteiger partial charge in [-0.2, -0.15) is 12.6 Å². The van der Waals surface area contributed by atoms with Crippen LogP contribution in [-0.2, 0) is 4.79 Å². The molecule has 63 valence electrons. The van der Waals surface area contributed by atoms with Crippen molar-refractivity contribution < 1.29 is 4.79 Å². The molecule has 3 heteroatoms. The number of rotatable bonds is 2. The summed E-state index contributed by atoms with van der Waals surface area (Å²) in [6.07, 6.45) is 0. The van der Waals surface area contributed by atoms with Crippen molar-refractivity contribution in [2.75, 3.05) is 0 Å². The van der Waals surface area contributed by atoms with E-state index in [1.807, 2.05) is 31.2 Å². The SMILES string of the molecule is Cc1ccccc1C(S)C([NH])=O. The molecule has 1 rings (SSSR count). The van der Waals surface area contributed by atoms with E-state index in [9.17, 15) is 4.79 Å². The predicted octanol–water partition coefficient (Wildman–Crippen LogP) is 1.78. The third-order valence-corrected chi connectivity index (χ3v) is 2.24. The Kier molecular flexibility index (Phi) is 2.76. The Labute approximate surface area is 77.2 Å². The molecule has 0 aliphatic heterocycles. The first kappa shape index (κ1) is 9.13. The summed E-state index contributed by atoms with van der Waals surface area (Å²) in [5.74, 6) is -0.660. The molecule has 0 spiro atoms. The average molecular weight is 180 g/mol. The molecule has 0 aliphatic rings. The van der Waals surface area contributed by atoms with Crippen molar-refractivity contribution in [2.45, 2.75) is 12.2 Å². The van der Waals surface area contributed by atoms with Gasteiger partial charge < -0.3 is 0 Å². The Bertz CT molecular complexity index is 298. The standard InChI is InChI=1S/C9H10NOS/c1-6-4-2-3-5-7(6)8(12)9(10)11/h2-5,8,10,12H,1H3. The topological polar surface area (TPSA) is 40.9 Å². The number of hydrogen-bond acceptors (Lipinski definition) is 2. The van der Waals surface area contributed by atoms with E-state index in [2.05, 4.69) is 12.6 Å². The number of benzene rings is 1. The molecule has 0 saturated carbocycles. The smallest absolute Gasteiger partial charge is 0.255 e. The van der Waals surface area contributed by atoms with Crippen LogP contribution in [0, 0.1) is 6.92 Å². The monoisotopic (exact) mass is 180 g/mol. The second-order valence-electron chi connectivity index (χ2n) is 2.62. The van der Waals surface area contributed by atoms with Crippen molar-refractivity contribution in [2.24, 2.45) is 0 Å². The van der Waals surface area contributed by atoms with Crippen LogP contribution in [0.3, 0.4) is 0 Å². The van der Waals surface area contributed by atoms with Crippen molar-refractivity contribution >= 4 is 18.5 Å². The van der Waals surface area contributed by atoms with Crippen molar-refractivity contribution in [3.63, 3.8) is 0 Å². The van der Waals surface area contributed by atoms with E-state index in [1.54, 1.807) is 0 Å². The summed E-state index contributed by atoms with van der Waals surface area (Å²) in [7, 11) is 0. The summed E-state index contributed by atoms with van der Waals surface area (Å²) in [6.45, 7) is 1.90. The minimum absolute atomic E-state index is 0.605. The zero-order chi connectivity index (χ0) is 9.14. The van der Waals surface area contributed by atoms with Gasteiger partial charge in [0.15, 0.2) is 0 Å². The van der Waals surface area contributed by atoms with Gasteiger partial charge in [-0.25, -0.2) is 0 Å². The maximum Gasteiger partial charge on any atom is 0.255 e. The van der Waals surface area contributed by atoms with E-state index in [0.29, 0.717) is 0 Å². The van der Waals surface area contributed by atoms with Gasteiger partial charge in [-0.3, -0.25) is 10.5 Å². The van der Waals surface area contributed by atoms with Crippen molar-refractivity contribution in [3.05, 3.63) is 35.4 Å². The fourth-order valence-corrected chi connectivity index (χ4v) is 1.32. The molecule has 1 aromatic carbocycles. The molecule has 1 N–H and O–H groups in total. The van der Waals surface area contributed by atoms with Crippen LogP contribution in [0.25, 0.3) is 0 Å². The maximum absolute atomic E-state index is 10.7. The Hall–Kier alpha value is -0.960. The lowest BCUT2D eigenvalue weighted by molar-refractivity contribution is -0.118. The van der Waals surface area contributed by atoms with Crippen LogP contribution < -0.4 is 5.73 Å². The molecule has 0 bridgehead atoms. The molecule has 2 nitrogen and oxygen atoms in total. The highest BCUT2D eigenvalue weighted by Gasteiger charge is 2.14. The summed E-state index contributed by atoms with van der Waals surface area (Å²) in [4.78, 5) is 10.7. The van der Waals surface area contributed by atoms with Gasteiger partial charge in [0.25, 0.3) is 5.91 Å². The third-order valence-electron chi connectivity index (χ3n) is 1.73. The molecule has 12 heavy (non-hydrogen) atoms. The van der Waals surface area contributed by atoms with E-state index < -0.39 is 11.2 Å². The molecular formula is C9H10NOS. The van der Waals surface area contributed by atoms with Crippen molar-refractivity contribution in [1.82, 2.24) is 5.73 Å². The second kappa shape index (κ2) is 3.63. The summed E-state index contributed by atoms with van der Waals surface area (Å²) in [5, 5.41) is -0.605. The molecular weight excluding hydrogens is 170 g/mol. The zero-order valence-electron chi connectivity index (χ0n) is 6.74. The lowest BCUT2D eigenvalue weighted by Crippen LogP contribution is -2.08. The van der Waals surface area contributed by atoms with Crippen LogP contribution >= 0.6 is 12.6 Å². The third kappa shape index (κ3) is 1.80. The minimum Gasteiger partial charge on any atom is -0.272 e. The van der Waals surface area contributed by atoms with Crippen LogP contribution in [0.4, 0.5) is 0 Å². The summed E-state index contributed by atoms with van der Waals surface area (Å²) in [5.41, 5.74) is 8.72. The number of carbonyl (C=O) groups excluding carboxylic acids is 1. The van der Waals surface area contributed by atoms with Crippen LogP contribution in [-0.4, -0.2) is 5.91 Å². The Morgan fingerprint density at radius 1 is 1.50 bits per heavy atom. The highest BCUT2D eigenvalue weighted by Crippen LogP contribution is 2.22.